The van der Waals surface area contributed by atoms with Crippen LogP contribution in [0.25, 0.3) is 10.9 Å². The zero-order valence-corrected chi connectivity index (χ0v) is 15.9. The molecule has 3 aromatic rings. The van der Waals surface area contributed by atoms with Gasteiger partial charge in [0.15, 0.2) is 5.76 Å². The molecule has 0 saturated heterocycles. The molecule has 5 nitrogen and oxygen atoms in total. The number of hydrogen-bond acceptors (Lipinski definition) is 5. The van der Waals surface area contributed by atoms with E-state index in [4.69, 9.17) is 4.42 Å². The number of aromatic nitrogens is 1. The molecule has 0 radical (unpaired) electrons. The normalized spacial score (nSPS) is 20.2. The van der Waals surface area contributed by atoms with Crippen LogP contribution in [0.2, 0.25) is 0 Å². The summed E-state index contributed by atoms with van der Waals surface area (Å²) in [4.78, 5) is 17.3. The Bertz CT molecular complexity index is 949. The minimum Gasteiger partial charge on any atom is -0.455 e. The third kappa shape index (κ3) is 3.87. The Morgan fingerprint density at radius 1 is 1.33 bits per heavy atom. The maximum Gasteiger partial charge on any atom is 0.287 e. The molecule has 0 bridgehead atoms. The lowest BCUT2D eigenvalue weighted by Crippen LogP contribution is -2.41. The Labute approximate surface area is 162 Å². The fourth-order valence-electron chi connectivity index (χ4n) is 3.57. The van der Waals surface area contributed by atoms with Crippen molar-refractivity contribution in [3.63, 3.8) is 0 Å². The molecule has 4 rings (SSSR count). The maximum absolute atomic E-state index is 12.7. The highest BCUT2D eigenvalue weighted by atomic mass is 32.2. The lowest BCUT2D eigenvalue weighted by atomic mass is 9.75. The molecule has 1 saturated carbocycles. The second kappa shape index (κ2) is 7.74. The molecule has 6 heteroatoms. The Kier molecular flexibility index (Phi) is 5.18. The number of aliphatic hydroxyl groups excluding tert-OH is 1. The molecule has 1 aromatic carbocycles. The van der Waals surface area contributed by atoms with Gasteiger partial charge in [0.05, 0.1) is 23.4 Å². The summed E-state index contributed by atoms with van der Waals surface area (Å²) in [7, 11) is 0. The first-order valence-corrected chi connectivity index (χ1v) is 10.4. The van der Waals surface area contributed by atoms with E-state index in [0.29, 0.717) is 18.6 Å². The van der Waals surface area contributed by atoms with Gasteiger partial charge in [-0.2, -0.15) is 11.8 Å². The van der Waals surface area contributed by atoms with E-state index in [-0.39, 0.29) is 24.0 Å². The maximum atomic E-state index is 12.7. The average molecular weight is 382 g/mol. The summed E-state index contributed by atoms with van der Waals surface area (Å²) in [6, 6.07) is 13.3. The number of rotatable bonds is 6. The van der Waals surface area contributed by atoms with Gasteiger partial charge in [-0.3, -0.25) is 9.78 Å². The fourth-order valence-corrected chi connectivity index (χ4v) is 4.01. The van der Waals surface area contributed by atoms with Crippen LogP contribution in [0.3, 0.4) is 0 Å². The first-order valence-electron chi connectivity index (χ1n) is 9.05. The number of aliphatic hydroxyl groups is 1. The van der Waals surface area contributed by atoms with Crippen molar-refractivity contribution in [2.45, 2.75) is 30.7 Å². The Morgan fingerprint density at radius 2 is 2.15 bits per heavy atom. The van der Waals surface area contributed by atoms with Crippen LogP contribution in [-0.4, -0.2) is 28.4 Å². The number of benzene rings is 1. The molecule has 1 aliphatic rings. The highest BCUT2D eigenvalue weighted by Gasteiger charge is 2.36. The van der Waals surface area contributed by atoms with E-state index in [1.807, 2.05) is 42.8 Å². The summed E-state index contributed by atoms with van der Waals surface area (Å²) >= 11 is 1.65. The van der Waals surface area contributed by atoms with E-state index in [2.05, 4.69) is 16.4 Å². The summed E-state index contributed by atoms with van der Waals surface area (Å²) < 4.78 is 5.65. The summed E-state index contributed by atoms with van der Waals surface area (Å²) in [5.41, 5.74) is 1.88. The number of carbonyl (C=O) groups is 1. The van der Waals surface area contributed by atoms with Crippen molar-refractivity contribution in [2.24, 2.45) is 5.92 Å². The van der Waals surface area contributed by atoms with Crippen LogP contribution >= 0.6 is 11.8 Å². The topological polar surface area (TPSA) is 75.4 Å². The van der Waals surface area contributed by atoms with Gasteiger partial charge in [0.1, 0.15) is 5.76 Å². The standard InChI is InChI=1S/C21H22N2O3S/c1-27-12-17-6-7-19(26-17)21(25)23-20(14-9-16(24)10-14)15-8-13-4-2-3-5-18(13)22-11-15/h2-8,11,14,16,20,24H,9-10,12H2,1H3,(H,23,25). The lowest BCUT2D eigenvalue weighted by Gasteiger charge is -2.38. The van der Waals surface area contributed by atoms with Gasteiger partial charge in [0, 0.05) is 11.6 Å². The quantitative estimate of drug-likeness (QED) is 0.676. The molecule has 140 valence electrons. The summed E-state index contributed by atoms with van der Waals surface area (Å²) in [5.74, 6) is 1.79. The van der Waals surface area contributed by atoms with Crippen LogP contribution in [0.4, 0.5) is 0 Å². The van der Waals surface area contributed by atoms with Crippen molar-refractivity contribution in [2.75, 3.05) is 6.26 Å². The average Bonchev–Trinajstić information content (AvgIpc) is 3.12. The van der Waals surface area contributed by atoms with Crippen molar-refractivity contribution in [3.05, 3.63) is 65.7 Å². The van der Waals surface area contributed by atoms with Gasteiger partial charge in [-0.15, -0.1) is 0 Å². The van der Waals surface area contributed by atoms with Crippen LogP contribution in [0.5, 0.6) is 0 Å². The molecular formula is C21H22N2O3S. The van der Waals surface area contributed by atoms with Gasteiger partial charge in [-0.1, -0.05) is 18.2 Å². The van der Waals surface area contributed by atoms with E-state index in [0.717, 1.165) is 28.0 Å². The Balaban J connectivity index is 1.59. The number of hydrogen-bond donors (Lipinski definition) is 2. The number of nitrogens with zero attached hydrogens (tertiary/aromatic N) is 1. The zero-order chi connectivity index (χ0) is 18.8. The Hall–Kier alpha value is -2.31. The number of fused-ring (bicyclic) bond motifs is 1. The molecule has 0 aliphatic heterocycles. The van der Waals surface area contributed by atoms with Crippen molar-refractivity contribution in [1.82, 2.24) is 10.3 Å². The SMILES string of the molecule is CSCc1ccc(C(=O)NC(c2cnc3ccccc3c2)C2CC(O)C2)o1. The monoisotopic (exact) mass is 382 g/mol. The summed E-state index contributed by atoms with van der Waals surface area (Å²) in [5, 5.41) is 13.9. The van der Waals surface area contributed by atoms with Gasteiger partial charge in [-0.05, 0) is 54.8 Å². The second-order valence-corrected chi connectivity index (χ2v) is 7.86. The largest absolute Gasteiger partial charge is 0.455 e. The predicted octanol–water partition coefficient (Wildman–Crippen LogP) is 3.93. The second-order valence-electron chi connectivity index (χ2n) is 7.00. The minimum absolute atomic E-state index is 0.188. The zero-order valence-electron chi connectivity index (χ0n) is 15.1. The van der Waals surface area contributed by atoms with Gasteiger partial charge in [0.25, 0.3) is 5.91 Å². The lowest BCUT2D eigenvalue weighted by molar-refractivity contribution is 0.0232. The minimum atomic E-state index is -0.292. The van der Waals surface area contributed by atoms with E-state index >= 15 is 0 Å². The van der Waals surface area contributed by atoms with Gasteiger partial charge >= 0.3 is 0 Å². The number of pyridine rings is 1. The number of thioether (sulfide) groups is 1. The summed E-state index contributed by atoms with van der Waals surface area (Å²) in [6.45, 7) is 0. The van der Waals surface area contributed by atoms with E-state index < -0.39 is 0 Å². The van der Waals surface area contributed by atoms with Crippen LogP contribution in [0.1, 0.15) is 40.8 Å². The molecule has 1 unspecified atom stereocenters. The van der Waals surface area contributed by atoms with Gasteiger partial charge in [-0.25, -0.2) is 0 Å². The molecule has 2 N–H and O–H groups in total. The van der Waals surface area contributed by atoms with Crippen molar-refractivity contribution in [1.29, 1.82) is 0 Å². The van der Waals surface area contributed by atoms with Crippen LogP contribution < -0.4 is 5.32 Å². The number of furan rings is 1. The van der Waals surface area contributed by atoms with Crippen LogP contribution in [-0.2, 0) is 5.75 Å². The third-order valence-corrected chi connectivity index (χ3v) is 5.62. The fraction of sp³-hybridized carbons (Fsp3) is 0.333. The first-order chi connectivity index (χ1) is 13.1. The van der Waals surface area contributed by atoms with Crippen molar-refractivity contribution < 1.29 is 14.3 Å². The van der Waals surface area contributed by atoms with Crippen molar-refractivity contribution >= 4 is 28.6 Å². The number of carbonyl (C=O) groups excluding carboxylic acids is 1. The molecule has 1 fully saturated rings. The van der Waals surface area contributed by atoms with Crippen LogP contribution in [0, 0.1) is 5.92 Å². The molecule has 1 amide bonds. The Morgan fingerprint density at radius 3 is 2.93 bits per heavy atom. The predicted molar refractivity (Wildman–Crippen MR) is 107 cm³/mol. The first kappa shape index (κ1) is 18.1. The highest BCUT2D eigenvalue weighted by Crippen LogP contribution is 2.38. The molecule has 2 heterocycles. The van der Waals surface area contributed by atoms with Crippen LogP contribution in [0.15, 0.2) is 53.1 Å². The number of para-hydroxylation sites is 1. The van der Waals surface area contributed by atoms with E-state index in [9.17, 15) is 9.90 Å². The third-order valence-electron chi connectivity index (χ3n) is 5.05. The van der Waals surface area contributed by atoms with Gasteiger partial charge < -0.3 is 14.8 Å². The smallest absolute Gasteiger partial charge is 0.287 e. The molecule has 2 aromatic heterocycles. The molecule has 27 heavy (non-hydrogen) atoms. The van der Waals surface area contributed by atoms with E-state index in [1.165, 1.54) is 0 Å². The van der Waals surface area contributed by atoms with E-state index in [1.54, 1.807) is 17.8 Å². The number of amides is 1. The molecule has 0 spiro atoms. The van der Waals surface area contributed by atoms with Gasteiger partial charge in [0.2, 0.25) is 0 Å². The number of nitrogens with one attached hydrogen (secondary N) is 1. The summed E-state index contributed by atoms with van der Waals surface area (Å²) in [6.07, 6.45) is 4.87. The molecule has 1 aliphatic carbocycles. The van der Waals surface area contributed by atoms with Crippen molar-refractivity contribution in [3.8, 4) is 0 Å². The highest BCUT2D eigenvalue weighted by molar-refractivity contribution is 7.97. The molecule has 1 atom stereocenters. The molecular weight excluding hydrogens is 360 g/mol.